The predicted octanol–water partition coefficient (Wildman–Crippen LogP) is 2.00. The zero-order valence-electron chi connectivity index (χ0n) is 12.2. The van der Waals surface area contributed by atoms with E-state index in [1.165, 1.54) is 9.87 Å². The van der Waals surface area contributed by atoms with Gasteiger partial charge < -0.3 is 5.32 Å². The van der Waals surface area contributed by atoms with Gasteiger partial charge in [0.2, 0.25) is 10.0 Å². The van der Waals surface area contributed by atoms with Crippen LogP contribution in [0.4, 0.5) is 0 Å². The third kappa shape index (κ3) is 3.55. The molecule has 4 nitrogen and oxygen atoms in total. The van der Waals surface area contributed by atoms with Gasteiger partial charge in [-0.15, -0.1) is 0 Å². The van der Waals surface area contributed by atoms with Gasteiger partial charge in [-0.05, 0) is 36.7 Å². The quantitative estimate of drug-likeness (QED) is 0.833. The van der Waals surface area contributed by atoms with Gasteiger partial charge in [0, 0.05) is 19.6 Å². The second-order valence-electron chi connectivity index (χ2n) is 4.40. The standard InChI is InChI=1S/C14H24N2O2S/c1-5-12-8-9-14(10-13(12)11-15-4)19(17,18)16(6-2)7-3/h8-10,15H,5-7,11H2,1-4H3. The second-order valence-corrected chi connectivity index (χ2v) is 6.34. The van der Waals surface area contributed by atoms with Gasteiger partial charge in [-0.3, -0.25) is 0 Å². The summed E-state index contributed by atoms with van der Waals surface area (Å²) in [4.78, 5) is 0.388. The minimum absolute atomic E-state index is 0.388. The van der Waals surface area contributed by atoms with E-state index in [4.69, 9.17) is 0 Å². The van der Waals surface area contributed by atoms with Crippen LogP contribution in [0.3, 0.4) is 0 Å². The van der Waals surface area contributed by atoms with Crippen molar-refractivity contribution >= 4 is 10.0 Å². The van der Waals surface area contributed by atoms with Crippen molar-refractivity contribution in [3.8, 4) is 0 Å². The Morgan fingerprint density at radius 3 is 2.21 bits per heavy atom. The molecule has 0 aliphatic carbocycles. The Bertz CT molecular complexity index is 508. The zero-order chi connectivity index (χ0) is 14.5. The monoisotopic (exact) mass is 284 g/mol. The Kier molecular flexibility index (Phi) is 5.97. The van der Waals surface area contributed by atoms with Crippen LogP contribution in [0.2, 0.25) is 0 Å². The Labute approximate surface area is 116 Å². The van der Waals surface area contributed by atoms with Crippen molar-refractivity contribution in [3.63, 3.8) is 0 Å². The number of sulfonamides is 1. The first-order valence-corrected chi connectivity index (χ1v) is 8.21. The maximum Gasteiger partial charge on any atom is 0.243 e. The van der Waals surface area contributed by atoms with Crippen LogP contribution in [0.15, 0.2) is 23.1 Å². The van der Waals surface area contributed by atoms with Gasteiger partial charge in [0.25, 0.3) is 0 Å². The first-order valence-electron chi connectivity index (χ1n) is 6.77. The average molecular weight is 284 g/mol. The molecule has 108 valence electrons. The van der Waals surface area contributed by atoms with E-state index in [-0.39, 0.29) is 0 Å². The molecule has 5 heteroatoms. The Morgan fingerprint density at radius 1 is 1.11 bits per heavy atom. The second kappa shape index (κ2) is 7.03. The van der Waals surface area contributed by atoms with Crippen LogP contribution in [-0.4, -0.2) is 32.9 Å². The van der Waals surface area contributed by atoms with E-state index < -0.39 is 10.0 Å². The Hall–Kier alpha value is -0.910. The summed E-state index contributed by atoms with van der Waals surface area (Å²) in [6.07, 6.45) is 0.905. The molecule has 0 amide bonds. The fraction of sp³-hybridized carbons (Fsp3) is 0.571. The van der Waals surface area contributed by atoms with Crippen LogP contribution < -0.4 is 5.32 Å². The topological polar surface area (TPSA) is 49.4 Å². The summed E-state index contributed by atoms with van der Waals surface area (Å²) in [7, 11) is -1.50. The highest BCUT2D eigenvalue weighted by Gasteiger charge is 2.22. The Balaban J connectivity index is 3.24. The van der Waals surface area contributed by atoms with Crippen molar-refractivity contribution < 1.29 is 8.42 Å². The van der Waals surface area contributed by atoms with Crippen LogP contribution in [-0.2, 0) is 23.0 Å². The third-order valence-electron chi connectivity index (χ3n) is 3.27. The van der Waals surface area contributed by atoms with Crippen molar-refractivity contribution in [2.24, 2.45) is 0 Å². The summed E-state index contributed by atoms with van der Waals surface area (Å²) in [5, 5.41) is 3.09. The lowest BCUT2D eigenvalue weighted by atomic mass is 10.1. The molecule has 0 aromatic heterocycles. The molecular formula is C14H24N2O2S. The summed E-state index contributed by atoms with van der Waals surface area (Å²) in [5.74, 6) is 0. The number of rotatable bonds is 7. The Morgan fingerprint density at radius 2 is 1.74 bits per heavy atom. The third-order valence-corrected chi connectivity index (χ3v) is 5.31. The largest absolute Gasteiger partial charge is 0.316 e. The van der Waals surface area contributed by atoms with Crippen LogP contribution in [0.5, 0.6) is 0 Å². The minimum atomic E-state index is -3.36. The normalized spacial score (nSPS) is 12.1. The van der Waals surface area contributed by atoms with E-state index >= 15 is 0 Å². The molecule has 0 spiro atoms. The van der Waals surface area contributed by atoms with Gasteiger partial charge >= 0.3 is 0 Å². The van der Waals surface area contributed by atoms with E-state index in [1.54, 1.807) is 12.1 Å². The van der Waals surface area contributed by atoms with Gasteiger partial charge in [0.05, 0.1) is 4.90 Å². The highest BCUT2D eigenvalue weighted by atomic mass is 32.2. The molecule has 1 aromatic carbocycles. The number of aryl methyl sites for hydroxylation is 1. The van der Waals surface area contributed by atoms with Crippen LogP contribution >= 0.6 is 0 Å². The van der Waals surface area contributed by atoms with Gasteiger partial charge in [0.1, 0.15) is 0 Å². The number of nitrogens with one attached hydrogen (secondary N) is 1. The van der Waals surface area contributed by atoms with Gasteiger partial charge in [-0.25, -0.2) is 8.42 Å². The molecular weight excluding hydrogens is 260 g/mol. The maximum atomic E-state index is 12.5. The van der Waals surface area contributed by atoms with E-state index in [1.807, 2.05) is 27.0 Å². The van der Waals surface area contributed by atoms with E-state index in [0.717, 1.165) is 12.0 Å². The number of hydrogen-bond acceptors (Lipinski definition) is 3. The van der Waals surface area contributed by atoms with Crippen molar-refractivity contribution in [2.45, 2.75) is 38.6 Å². The van der Waals surface area contributed by atoms with Crippen molar-refractivity contribution in [1.82, 2.24) is 9.62 Å². The van der Waals surface area contributed by atoms with Gasteiger partial charge in [0.15, 0.2) is 0 Å². The molecule has 0 aliphatic rings. The predicted molar refractivity (Wildman–Crippen MR) is 78.7 cm³/mol. The molecule has 0 bridgehead atoms. The lowest BCUT2D eigenvalue weighted by molar-refractivity contribution is 0.445. The summed E-state index contributed by atoms with van der Waals surface area (Å²) in [5.41, 5.74) is 2.24. The molecule has 19 heavy (non-hydrogen) atoms. The fourth-order valence-corrected chi connectivity index (χ4v) is 3.68. The first-order chi connectivity index (χ1) is 9.01. The lowest BCUT2D eigenvalue weighted by Crippen LogP contribution is -2.30. The van der Waals surface area contributed by atoms with Crippen molar-refractivity contribution in [3.05, 3.63) is 29.3 Å². The highest BCUT2D eigenvalue weighted by Crippen LogP contribution is 2.20. The molecule has 0 atom stereocenters. The smallest absolute Gasteiger partial charge is 0.243 e. The fourth-order valence-electron chi connectivity index (χ4n) is 2.18. The number of benzene rings is 1. The molecule has 0 saturated carbocycles. The number of nitrogens with zero attached hydrogens (tertiary/aromatic N) is 1. The summed E-state index contributed by atoms with van der Waals surface area (Å²) in [6, 6.07) is 5.43. The SMILES string of the molecule is CCc1ccc(S(=O)(=O)N(CC)CC)cc1CNC. The van der Waals surface area contributed by atoms with Crippen LogP contribution in [0.1, 0.15) is 31.9 Å². The first kappa shape index (κ1) is 16.1. The van der Waals surface area contributed by atoms with Crippen LogP contribution in [0, 0.1) is 0 Å². The van der Waals surface area contributed by atoms with Crippen molar-refractivity contribution in [1.29, 1.82) is 0 Å². The average Bonchev–Trinajstić information content (AvgIpc) is 2.40. The van der Waals surface area contributed by atoms with Crippen LogP contribution in [0.25, 0.3) is 0 Å². The molecule has 0 radical (unpaired) electrons. The number of hydrogen-bond donors (Lipinski definition) is 1. The molecule has 0 saturated heterocycles. The lowest BCUT2D eigenvalue weighted by Gasteiger charge is -2.19. The van der Waals surface area contributed by atoms with E-state index in [0.29, 0.717) is 24.5 Å². The zero-order valence-corrected chi connectivity index (χ0v) is 13.0. The summed E-state index contributed by atoms with van der Waals surface area (Å²) in [6.45, 7) is 7.47. The maximum absolute atomic E-state index is 12.5. The highest BCUT2D eigenvalue weighted by molar-refractivity contribution is 7.89. The van der Waals surface area contributed by atoms with E-state index in [2.05, 4.69) is 12.2 Å². The molecule has 0 fully saturated rings. The minimum Gasteiger partial charge on any atom is -0.316 e. The molecule has 1 aromatic rings. The van der Waals surface area contributed by atoms with E-state index in [9.17, 15) is 8.42 Å². The van der Waals surface area contributed by atoms with Gasteiger partial charge in [-0.2, -0.15) is 4.31 Å². The molecule has 1 rings (SSSR count). The summed E-state index contributed by atoms with van der Waals surface area (Å²) >= 11 is 0. The molecule has 0 unspecified atom stereocenters. The summed E-state index contributed by atoms with van der Waals surface area (Å²) < 4.78 is 26.4. The van der Waals surface area contributed by atoms with Gasteiger partial charge in [-0.1, -0.05) is 26.8 Å². The molecule has 0 heterocycles. The molecule has 1 N–H and O–H groups in total. The van der Waals surface area contributed by atoms with Crippen molar-refractivity contribution in [2.75, 3.05) is 20.1 Å². The molecule has 0 aliphatic heterocycles.